The highest BCUT2D eigenvalue weighted by atomic mass is 35.5. The lowest BCUT2D eigenvalue weighted by molar-refractivity contribution is -0.0131. The molecule has 4 N–H and O–H groups in total. The molecule has 0 bridgehead atoms. The summed E-state index contributed by atoms with van der Waals surface area (Å²) in [5, 5.41) is 5.12. The fourth-order valence-electron chi connectivity index (χ4n) is 8.93. The van der Waals surface area contributed by atoms with Crippen molar-refractivity contribution in [2.24, 2.45) is 0 Å². The molecule has 0 spiro atoms. The van der Waals surface area contributed by atoms with Crippen LogP contribution < -0.4 is 20.2 Å². The number of likely N-dealkylation sites (N-methyl/N-ethyl adjacent to an activating group) is 2. The molecule has 5 aromatic carbocycles. The molecule has 0 saturated carbocycles. The highest BCUT2D eigenvalue weighted by molar-refractivity contribution is 7.89. The number of hydrogen-bond donors (Lipinski definition) is 4. The Morgan fingerprint density at radius 3 is 1.29 bits per heavy atom. The van der Waals surface area contributed by atoms with Crippen LogP contribution in [0.25, 0.3) is 0 Å². The minimum absolute atomic E-state index is 0.00196. The van der Waals surface area contributed by atoms with Crippen LogP contribution in [0.3, 0.4) is 0 Å². The van der Waals surface area contributed by atoms with Crippen LogP contribution in [0.4, 0.5) is 0 Å². The number of nitrogens with one attached hydrogen (secondary N) is 4. The van der Waals surface area contributed by atoms with E-state index in [1.165, 1.54) is 24.3 Å². The van der Waals surface area contributed by atoms with Crippen LogP contribution in [0.1, 0.15) is 65.9 Å². The number of amides is 2. The molecule has 5 aromatic rings. The van der Waals surface area contributed by atoms with E-state index in [4.69, 9.17) is 74.9 Å². The quantitative estimate of drug-likeness (QED) is 0.0273. The van der Waals surface area contributed by atoms with Crippen LogP contribution in [-0.4, -0.2) is 158 Å². The number of carbonyl (C=O) groups excluding carboxylic acids is 2. The standard InChI is InChI=1S/C54H64Cl4N6O12S2/c1-63-33-47(45-29-41(55)31-51(57)49(45)35-63)37-7-11-43(12-8-37)77(67,68)60-16-19-72-22-25-74-24-21-71-18-15-59-53(65)39-3-5-40(6-4-39)54(66)62-76-28-27-75-26-23-73-20-17-61-78(69,70)44-13-9-38(10-14-44)48-34-64(2)36-50-46(48)30-42(56)32-52(50)58/h3-14,29-32,47-48,60-61H,15-28,33-36H2,1-2H3,(H,59,65)(H,62,66). The Kier molecular flexibility index (Phi) is 23.6. The smallest absolute Gasteiger partial charge is 0.274 e. The maximum atomic E-state index is 12.9. The molecule has 0 radical (unpaired) electrons. The zero-order chi connectivity index (χ0) is 55.7. The van der Waals surface area contributed by atoms with Crippen LogP contribution in [0.5, 0.6) is 0 Å². The van der Waals surface area contributed by atoms with Gasteiger partial charge in [0.25, 0.3) is 11.8 Å². The number of hydroxylamine groups is 1. The normalized spacial score (nSPS) is 15.9. The zero-order valence-electron chi connectivity index (χ0n) is 43.2. The molecular formula is C54H64Cl4N6O12S2. The van der Waals surface area contributed by atoms with Crippen molar-refractivity contribution in [2.75, 3.05) is 119 Å². The van der Waals surface area contributed by atoms with Gasteiger partial charge in [0, 0.05) is 88.9 Å². The lowest BCUT2D eigenvalue weighted by Crippen LogP contribution is -2.31. The molecule has 2 atom stereocenters. The van der Waals surface area contributed by atoms with Crippen LogP contribution in [0, 0.1) is 0 Å². The molecule has 2 aliphatic rings. The van der Waals surface area contributed by atoms with Crippen molar-refractivity contribution in [3.63, 3.8) is 0 Å². The van der Waals surface area contributed by atoms with Crippen molar-refractivity contribution in [2.45, 2.75) is 34.7 Å². The van der Waals surface area contributed by atoms with E-state index < -0.39 is 26.0 Å². The summed E-state index contributed by atoms with van der Waals surface area (Å²) in [5.74, 6) is -0.845. The summed E-state index contributed by atoms with van der Waals surface area (Å²) in [6, 6.07) is 27.1. The van der Waals surface area contributed by atoms with E-state index in [0.717, 1.165) is 46.5 Å². The van der Waals surface area contributed by atoms with Crippen LogP contribution in [0.2, 0.25) is 20.1 Å². The third kappa shape index (κ3) is 17.8. The van der Waals surface area contributed by atoms with Gasteiger partial charge in [-0.25, -0.2) is 31.8 Å². The second kappa shape index (κ2) is 30.0. The number of nitrogens with zero attached hydrogens (tertiary/aromatic N) is 2. The first-order valence-corrected chi connectivity index (χ1v) is 29.7. The number of halogens is 4. The number of ether oxygens (including phenoxy) is 5. The molecule has 0 fully saturated rings. The van der Waals surface area contributed by atoms with Crippen LogP contribution in [-0.2, 0) is 61.7 Å². The zero-order valence-corrected chi connectivity index (χ0v) is 47.9. The Bertz CT molecular complexity index is 3020. The number of hydrogen-bond acceptors (Lipinski definition) is 14. The molecule has 0 aromatic heterocycles. The van der Waals surface area contributed by atoms with Crippen molar-refractivity contribution in [1.82, 2.24) is 30.0 Å². The van der Waals surface area contributed by atoms with Gasteiger partial charge in [0.15, 0.2) is 0 Å². The lowest BCUT2D eigenvalue weighted by atomic mass is 9.85. The predicted molar refractivity (Wildman–Crippen MR) is 299 cm³/mol. The van der Waals surface area contributed by atoms with Crippen molar-refractivity contribution >= 4 is 78.3 Å². The number of rotatable bonds is 30. The van der Waals surface area contributed by atoms with Gasteiger partial charge in [0.2, 0.25) is 20.0 Å². The molecule has 2 aliphatic heterocycles. The van der Waals surface area contributed by atoms with Crippen molar-refractivity contribution in [3.8, 4) is 0 Å². The largest absolute Gasteiger partial charge is 0.378 e. The number of benzene rings is 5. The fourth-order valence-corrected chi connectivity index (χ4v) is 12.1. The Morgan fingerprint density at radius 2 is 0.872 bits per heavy atom. The summed E-state index contributed by atoms with van der Waals surface area (Å²) in [5.41, 5.74) is 9.04. The first-order chi connectivity index (χ1) is 37.5. The molecule has 2 heterocycles. The third-order valence-corrected chi connectivity index (χ3v) is 16.9. The van der Waals surface area contributed by atoms with E-state index in [2.05, 4.69) is 30.0 Å². The van der Waals surface area contributed by atoms with Crippen molar-refractivity contribution < 1.29 is 54.9 Å². The summed E-state index contributed by atoms with van der Waals surface area (Å²) >= 11 is 25.6. The molecule has 78 heavy (non-hydrogen) atoms. The molecule has 7 rings (SSSR count). The molecule has 0 aliphatic carbocycles. The third-order valence-electron chi connectivity index (χ3n) is 12.8. The second-order valence-corrected chi connectivity index (χ2v) is 23.7. The van der Waals surface area contributed by atoms with Gasteiger partial charge in [-0.15, -0.1) is 0 Å². The van der Waals surface area contributed by atoms with E-state index in [-0.39, 0.29) is 112 Å². The van der Waals surface area contributed by atoms with Crippen molar-refractivity contribution in [3.05, 3.63) is 162 Å². The Hall–Kier alpha value is -4.30. The van der Waals surface area contributed by atoms with Crippen molar-refractivity contribution in [1.29, 1.82) is 0 Å². The van der Waals surface area contributed by atoms with E-state index in [9.17, 15) is 26.4 Å². The van der Waals surface area contributed by atoms with Crippen LogP contribution in [0.15, 0.2) is 107 Å². The van der Waals surface area contributed by atoms with Gasteiger partial charge in [-0.1, -0.05) is 70.7 Å². The van der Waals surface area contributed by atoms with Gasteiger partial charge in [-0.3, -0.25) is 14.4 Å². The molecule has 2 amide bonds. The Labute approximate surface area is 476 Å². The highest BCUT2D eigenvalue weighted by Gasteiger charge is 2.29. The summed E-state index contributed by atoms with van der Waals surface area (Å²) in [7, 11) is -3.47. The molecule has 0 saturated heterocycles. The van der Waals surface area contributed by atoms with Gasteiger partial charge < -0.3 is 38.8 Å². The minimum Gasteiger partial charge on any atom is -0.378 e. The number of fused-ring (bicyclic) bond motifs is 2. The topological polar surface area (TPSA) is 212 Å². The molecular weight excluding hydrogens is 1130 g/mol. The second-order valence-electron chi connectivity index (χ2n) is 18.5. The number of carbonyl (C=O) groups is 2. The summed E-state index contributed by atoms with van der Waals surface area (Å²) in [6.07, 6.45) is 0. The molecule has 2 unspecified atom stereocenters. The average Bonchev–Trinajstić information content (AvgIpc) is 3.49. The van der Waals surface area contributed by atoms with Gasteiger partial charge in [0.05, 0.1) is 82.5 Å². The Balaban J connectivity index is 0.654. The van der Waals surface area contributed by atoms with E-state index in [1.54, 1.807) is 36.4 Å². The van der Waals surface area contributed by atoms with E-state index in [0.29, 0.717) is 52.0 Å². The van der Waals surface area contributed by atoms with E-state index >= 15 is 0 Å². The lowest BCUT2D eigenvalue weighted by Gasteiger charge is -2.33. The maximum absolute atomic E-state index is 12.9. The maximum Gasteiger partial charge on any atom is 0.274 e. The van der Waals surface area contributed by atoms with Gasteiger partial charge >= 0.3 is 0 Å². The summed E-state index contributed by atoms with van der Waals surface area (Å²) < 4.78 is 84.4. The number of sulfonamides is 2. The monoisotopic (exact) mass is 1190 g/mol. The SMILES string of the molecule is CN1Cc2c(Cl)cc(Cl)cc2C(c2ccc(S(=O)(=O)NCCOCCOCCOCCNC(=O)c3ccc(C(=O)NOCCOCCOCCNS(=O)(=O)c4ccc(C5CN(C)Cc6c(Cl)cc(Cl)cc65)cc4)cc3)cc2)C1. The summed E-state index contributed by atoms with van der Waals surface area (Å²) in [4.78, 5) is 35.0. The minimum atomic E-state index is -3.76. The van der Waals surface area contributed by atoms with Gasteiger partial charge in [-0.2, -0.15) is 0 Å². The first kappa shape index (κ1) is 61.3. The molecule has 24 heteroatoms. The van der Waals surface area contributed by atoms with Crippen LogP contribution >= 0.6 is 46.4 Å². The first-order valence-electron chi connectivity index (χ1n) is 25.2. The fraction of sp³-hybridized carbons (Fsp3) is 0.407. The molecule has 18 nitrogen and oxygen atoms in total. The molecule has 422 valence electrons. The van der Waals surface area contributed by atoms with E-state index in [1.807, 2.05) is 50.5 Å². The predicted octanol–water partition coefficient (Wildman–Crippen LogP) is 6.89. The highest BCUT2D eigenvalue weighted by Crippen LogP contribution is 2.40. The summed E-state index contributed by atoms with van der Waals surface area (Å²) in [6.45, 7) is 5.69. The Morgan fingerprint density at radius 1 is 0.500 bits per heavy atom. The van der Waals surface area contributed by atoms with Gasteiger partial charge in [-0.05, 0) is 120 Å². The van der Waals surface area contributed by atoms with Gasteiger partial charge in [0.1, 0.15) is 0 Å². The average molecular weight is 1200 g/mol.